The van der Waals surface area contributed by atoms with Crippen LogP contribution in [0, 0.1) is 0 Å². The van der Waals surface area contributed by atoms with Crippen LogP contribution < -0.4 is 11.1 Å². The van der Waals surface area contributed by atoms with E-state index in [1.807, 2.05) is 22.6 Å². The van der Waals surface area contributed by atoms with Gasteiger partial charge in [-0.1, -0.05) is 34.7 Å². The van der Waals surface area contributed by atoms with Gasteiger partial charge in [0, 0.05) is 5.69 Å². The maximum atomic E-state index is 11.2. The van der Waals surface area contributed by atoms with Crippen molar-refractivity contribution < 1.29 is 14.7 Å². The number of anilines is 1. The Morgan fingerprint density at radius 3 is 2.76 bits per heavy atom. The molecule has 1 aromatic rings. The number of rotatable bonds is 5. The van der Waals surface area contributed by atoms with Crippen LogP contribution in [0.5, 0.6) is 0 Å². The number of hydrogen-bond acceptors (Lipinski definition) is 3. The molecule has 6 heteroatoms. The summed E-state index contributed by atoms with van der Waals surface area (Å²) in [6.07, 6.45) is 0.239. The number of carboxylic acids is 1. The number of carbonyl (C=O) groups excluding carboxylic acids is 1. The summed E-state index contributed by atoms with van der Waals surface area (Å²) in [5, 5.41) is 11.4. The molecule has 1 unspecified atom stereocenters. The Morgan fingerprint density at radius 1 is 1.47 bits per heavy atom. The molecule has 92 valence electrons. The highest BCUT2D eigenvalue weighted by Crippen LogP contribution is 2.12. The monoisotopic (exact) mass is 348 g/mol. The molecule has 0 spiro atoms. The van der Waals surface area contributed by atoms with E-state index in [4.69, 9.17) is 10.8 Å². The smallest absolute Gasteiger partial charge is 0.320 e. The van der Waals surface area contributed by atoms with Crippen LogP contribution in [0.3, 0.4) is 0 Å². The Kier molecular flexibility index (Phi) is 5.36. The molecule has 0 bridgehead atoms. The van der Waals surface area contributed by atoms with Gasteiger partial charge in [-0.05, 0) is 24.1 Å². The Bertz CT molecular complexity index is 423. The van der Waals surface area contributed by atoms with Gasteiger partial charge >= 0.3 is 5.97 Å². The zero-order valence-corrected chi connectivity index (χ0v) is 11.2. The highest BCUT2D eigenvalue weighted by atomic mass is 127. The van der Waals surface area contributed by atoms with Crippen LogP contribution in [-0.2, 0) is 16.0 Å². The summed E-state index contributed by atoms with van der Waals surface area (Å²) in [6.45, 7) is 0. The van der Waals surface area contributed by atoms with E-state index >= 15 is 0 Å². The summed E-state index contributed by atoms with van der Waals surface area (Å²) in [5.41, 5.74) is 6.88. The first-order valence-electron chi connectivity index (χ1n) is 4.96. The predicted molar refractivity (Wildman–Crippen MR) is 73.3 cm³/mol. The van der Waals surface area contributed by atoms with Gasteiger partial charge in [0.2, 0.25) is 5.91 Å². The molecule has 0 aliphatic carbocycles. The van der Waals surface area contributed by atoms with Crippen molar-refractivity contribution in [2.75, 3.05) is 9.74 Å². The highest BCUT2D eigenvalue weighted by molar-refractivity contribution is 14.1. The number of benzene rings is 1. The minimum Gasteiger partial charge on any atom is -0.480 e. The van der Waals surface area contributed by atoms with Gasteiger partial charge < -0.3 is 16.2 Å². The Balaban J connectivity index is 2.72. The van der Waals surface area contributed by atoms with E-state index in [-0.39, 0.29) is 12.3 Å². The van der Waals surface area contributed by atoms with Gasteiger partial charge in [0.05, 0.1) is 4.43 Å². The van der Waals surface area contributed by atoms with Gasteiger partial charge in [0.1, 0.15) is 6.04 Å². The molecule has 1 amide bonds. The van der Waals surface area contributed by atoms with Crippen LogP contribution in [0.25, 0.3) is 0 Å². The van der Waals surface area contributed by atoms with Crippen LogP contribution >= 0.6 is 22.6 Å². The van der Waals surface area contributed by atoms with Crippen LogP contribution in [0.4, 0.5) is 5.69 Å². The average Bonchev–Trinajstić information content (AvgIpc) is 2.29. The number of alkyl halides is 1. The number of carbonyl (C=O) groups is 2. The van der Waals surface area contributed by atoms with Gasteiger partial charge in [-0.15, -0.1) is 0 Å². The molecule has 0 aliphatic heterocycles. The van der Waals surface area contributed by atoms with Crippen molar-refractivity contribution in [1.29, 1.82) is 0 Å². The van der Waals surface area contributed by atoms with E-state index in [0.29, 0.717) is 10.1 Å². The second-order valence-corrected chi connectivity index (χ2v) is 4.29. The van der Waals surface area contributed by atoms with E-state index in [9.17, 15) is 9.59 Å². The molecule has 1 aromatic carbocycles. The lowest BCUT2D eigenvalue weighted by atomic mass is 10.1. The Morgan fingerprint density at radius 2 is 2.18 bits per heavy atom. The summed E-state index contributed by atoms with van der Waals surface area (Å²) in [5.74, 6) is -1.13. The molecule has 0 saturated carbocycles. The molecule has 17 heavy (non-hydrogen) atoms. The van der Waals surface area contributed by atoms with E-state index in [2.05, 4.69) is 5.32 Å². The maximum absolute atomic E-state index is 11.2. The van der Waals surface area contributed by atoms with Crippen LogP contribution in [-0.4, -0.2) is 27.5 Å². The predicted octanol–water partition coefficient (Wildman–Crippen LogP) is 1.01. The van der Waals surface area contributed by atoms with Crippen LogP contribution in [0.15, 0.2) is 24.3 Å². The summed E-state index contributed by atoms with van der Waals surface area (Å²) in [7, 11) is 0. The zero-order chi connectivity index (χ0) is 12.8. The number of nitrogens with one attached hydrogen (secondary N) is 1. The van der Waals surface area contributed by atoms with Crippen LogP contribution in [0.1, 0.15) is 5.56 Å². The van der Waals surface area contributed by atoms with Gasteiger partial charge in [-0.3, -0.25) is 9.59 Å². The third kappa shape index (κ3) is 4.70. The lowest BCUT2D eigenvalue weighted by Gasteiger charge is -2.08. The lowest BCUT2D eigenvalue weighted by Crippen LogP contribution is -2.32. The standard InChI is InChI=1S/C11H13IN2O3/c12-6-10(15)14-8-3-1-2-7(4-8)5-9(13)11(16)17/h1-4,9H,5-6,13H2,(H,14,15)(H,16,17). The summed E-state index contributed by atoms with van der Waals surface area (Å²) < 4.78 is 0.372. The highest BCUT2D eigenvalue weighted by Gasteiger charge is 2.12. The molecular formula is C11H13IN2O3. The van der Waals surface area contributed by atoms with Crippen molar-refractivity contribution in [2.24, 2.45) is 5.73 Å². The van der Waals surface area contributed by atoms with Crippen molar-refractivity contribution in [1.82, 2.24) is 0 Å². The second-order valence-electron chi connectivity index (χ2n) is 3.53. The molecule has 0 fully saturated rings. The normalized spacial score (nSPS) is 11.9. The summed E-state index contributed by atoms with van der Waals surface area (Å²) in [4.78, 5) is 21.8. The Labute approximate surface area is 113 Å². The first-order valence-corrected chi connectivity index (χ1v) is 6.48. The van der Waals surface area contributed by atoms with Crippen molar-refractivity contribution in [2.45, 2.75) is 12.5 Å². The summed E-state index contributed by atoms with van der Waals surface area (Å²) in [6, 6.07) is 6.09. The number of halogens is 1. The number of carboxylic acid groups (broad SMARTS) is 1. The molecule has 1 atom stereocenters. The number of aliphatic carboxylic acids is 1. The number of nitrogens with two attached hydrogens (primary N) is 1. The minimum absolute atomic E-state index is 0.0923. The van der Waals surface area contributed by atoms with E-state index in [1.54, 1.807) is 24.3 Å². The SMILES string of the molecule is NC(Cc1cccc(NC(=O)CI)c1)C(=O)O. The van der Waals surface area contributed by atoms with Crippen molar-refractivity contribution >= 4 is 40.2 Å². The number of hydrogen-bond donors (Lipinski definition) is 3. The zero-order valence-electron chi connectivity index (χ0n) is 9.02. The maximum Gasteiger partial charge on any atom is 0.320 e. The van der Waals surface area contributed by atoms with E-state index in [1.165, 1.54) is 0 Å². The fourth-order valence-corrected chi connectivity index (χ4v) is 1.50. The third-order valence-corrected chi connectivity index (χ3v) is 2.80. The fourth-order valence-electron chi connectivity index (χ4n) is 1.31. The van der Waals surface area contributed by atoms with E-state index < -0.39 is 12.0 Å². The van der Waals surface area contributed by atoms with Crippen LogP contribution in [0.2, 0.25) is 0 Å². The van der Waals surface area contributed by atoms with Gasteiger partial charge in [0.25, 0.3) is 0 Å². The second kappa shape index (κ2) is 6.55. The molecule has 0 radical (unpaired) electrons. The first kappa shape index (κ1) is 13.9. The fraction of sp³-hybridized carbons (Fsp3) is 0.273. The van der Waals surface area contributed by atoms with Gasteiger partial charge in [0.15, 0.2) is 0 Å². The molecule has 1 rings (SSSR count). The molecule has 5 nitrogen and oxygen atoms in total. The number of amides is 1. The molecule has 0 saturated heterocycles. The molecule has 0 aromatic heterocycles. The van der Waals surface area contributed by atoms with Crippen molar-refractivity contribution in [3.63, 3.8) is 0 Å². The molecule has 0 heterocycles. The van der Waals surface area contributed by atoms with Crippen molar-refractivity contribution in [3.8, 4) is 0 Å². The third-order valence-electron chi connectivity index (χ3n) is 2.10. The van der Waals surface area contributed by atoms with Gasteiger partial charge in [-0.25, -0.2) is 0 Å². The summed E-state index contributed by atoms with van der Waals surface area (Å²) >= 11 is 1.97. The van der Waals surface area contributed by atoms with E-state index in [0.717, 1.165) is 5.56 Å². The average molecular weight is 348 g/mol. The Hall–Kier alpha value is -1.15. The topological polar surface area (TPSA) is 92.4 Å². The lowest BCUT2D eigenvalue weighted by molar-refractivity contribution is -0.138. The molecular weight excluding hydrogens is 335 g/mol. The quantitative estimate of drug-likeness (QED) is 0.547. The molecule has 0 aliphatic rings. The largest absolute Gasteiger partial charge is 0.480 e. The minimum atomic E-state index is -1.04. The first-order chi connectivity index (χ1) is 8.02. The van der Waals surface area contributed by atoms with Gasteiger partial charge in [-0.2, -0.15) is 0 Å². The molecule has 4 N–H and O–H groups in total. The van der Waals surface area contributed by atoms with Crippen molar-refractivity contribution in [3.05, 3.63) is 29.8 Å².